The highest BCUT2D eigenvalue weighted by Crippen LogP contribution is 2.25. The summed E-state index contributed by atoms with van der Waals surface area (Å²) in [5.41, 5.74) is -0.251. The van der Waals surface area contributed by atoms with E-state index in [1.807, 2.05) is 0 Å². The third kappa shape index (κ3) is 3.27. The average molecular weight is 256 g/mol. The van der Waals surface area contributed by atoms with E-state index in [0.29, 0.717) is 0 Å². The third-order valence-electron chi connectivity index (χ3n) is 1.46. The van der Waals surface area contributed by atoms with E-state index in [1.165, 1.54) is 0 Å². The van der Waals surface area contributed by atoms with Gasteiger partial charge in [-0.3, -0.25) is 0 Å². The van der Waals surface area contributed by atoms with Crippen molar-refractivity contribution in [3.63, 3.8) is 0 Å². The lowest BCUT2D eigenvalue weighted by atomic mass is 10.3. The quantitative estimate of drug-likeness (QED) is 0.762. The maximum Gasteiger partial charge on any atom is 0.574 e. The van der Waals surface area contributed by atoms with Gasteiger partial charge in [-0.1, -0.05) is 11.6 Å². The molecule has 0 saturated carbocycles. The molecule has 1 rings (SSSR count). The summed E-state index contributed by atoms with van der Waals surface area (Å²) in [5.74, 6) is -1.66. The van der Waals surface area contributed by atoms with Crippen molar-refractivity contribution in [2.45, 2.75) is 6.36 Å². The molecular weight excluding hydrogens is 251 g/mol. The predicted molar refractivity (Wildman–Crippen MR) is 47.3 cm³/mol. The van der Waals surface area contributed by atoms with Gasteiger partial charge in [-0.15, -0.1) is 13.2 Å². The van der Waals surface area contributed by atoms with Crippen LogP contribution in [0.25, 0.3) is 0 Å². The molecule has 0 radical (unpaired) electrons. The fourth-order valence-corrected chi connectivity index (χ4v) is 1.04. The number of aromatic nitrogens is 1. The SMILES string of the molecule is COC(=O)c1cc(OC(F)(F)F)ncc1Cl. The summed E-state index contributed by atoms with van der Waals surface area (Å²) in [5, 5.41) is -0.124. The van der Waals surface area contributed by atoms with Crippen LogP contribution in [0, 0.1) is 0 Å². The van der Waals surface area contributed by atoms with Gasteiger partial charge in [0.2, 0.25) is 5.88 Å². The molecule has 1 aromatic heterocycles. The summed E-state index contributed by atoms with van der Waals surface area (Å²) in [6.07, 6.45) is -4.01. The summed E-state index contributed by atoms with van der Waals surface area (Å²) >= 11 is 5.54. The molecule has 0 aliphatic rings. The van der Waals surface area contributed by atoms with Crippen molar-refractivity contribution in [2.24, 2.45) is 0 Å². The zero-order chi connectivity index (χ0) is 12.3. The van der Waals surface area contributed by atoms with Crippen LogP contribution in [0.15, 0.2) is 12.3 Å². The van der Waals surface area contributed by atoms with Crippen molar-refractivity contribution in [3.05, 3.63) is 22.8 Å². The fraction of sp³-hybridized carbons (Fsp3) is 0.250. The van der Waals surface area contributed by atoms with Crippen LogP contribution in [-0.2, 0) is 4.74 Å². The number of nitrogens with zero attached hydrogens (tertiary/aromatic N) is 1. The van der Waals surface area contributed by atoms with Crippen molar-refractivity contribution in [1.82, 2.24) is 4.98 Å². The second kappa shape index (κ2) is 4.56. The van der Waals surface area contributed by atoms with Crippen molar-refractivity contribution >= 4 is 17.6 Å². The molecule has 8 heteroatoms. The number of pyridine rings is 1. The monoisotopic (exact) mass is 255 g/mol. The number of esters is 1. The lowest BCUT2D eigenvalue weighted by Crippen LogP contribution is -2.18. The highest BCUT2D eigenvalue weighted by molar-refractivity contribution is 6.33. The number of hydrogen-bond acceptors (Lipinski definition) is 4. The van der Waals surface area contributed by atoms with Crippen LogP contribution in [0.2, 0.25) is 5.02 Å². The highest BCUT2D eigenvalue weighted by atomic mass is 35.5. The van der Waals surface area contributed by atoms with Gasteiger partial charge < -0.3 is 9.47 Å². The van der Waals surface area contributed by atoms with Gasteiger partial charge in [-0.25, -0.2) is 9.78 Å². The Bertz CT molecular complexity index is 408. The molecule has 1 heterocycles. The molecule has 0 bridgehead atoms. The first kappa shape index (κ1) is 12.6. The standard InChI is InChI=1S/C8H5ClF3NO3/c1-15-7(14)4-2-6(13-3-5(4)9)16-8(10,11)12/h2-3H,1H3. The van der Waals surface area contributed by atoms with Gasteiger partial charge in [0.15, 0.2) is 0 Å². The van der Waals surface area contributed by atoms with E-state index in [9.17, 15) is 18.0 Å². The molecule has 88 valence electrons. The van der Waals surface area contributed by atoms with E-state index in [1.54, 1.807) is 0 Å². The molecule has 0 saturated heterocycles. The van der Waals surface area contributed by atoms with Crippen molar-refractivity contribution < 1.29 is 27.4 Å². The zero-order valence-corrected chi connectivity index (χ0v) is 8.59. The van der Waals surface area contributed by atoms with Crippen LogP contribution in [-0.4, -0.2) is 24.4 Å². The Morgan fingerprint density at radius 1 is 1.50 bits per heavy atom. The minimum absolute atomic E-state index is 0.124. The third-order valence-corrected chi connectivity index (χ3v) is 1.76. The van der Waals surface area contributed by atoms with Crippen LogP contribution < -0.4 is 4.74 Å². The molecule has 16 heavy (non-hydrogen) atoms. The fourth-order valence-electron chi connectivity index (χ4n) is 0.860. The first-order chi connectivity index (χ1) is 7.33. The maximum absolute atomic E-state index is 11.8. The molecule has 0 N–H and O–H groups in total. The summed E-state index contributed by atoms with van der Waals surface area (Å²) < 4.78 is 43.4. The number of carbonyl (C=O) groups is 1. The van der Waals surface area contributed by atoms with E-state index in [4.69, 9.17) is 11.6 Å². The molecule has 0 spiro atoms. The number of methoxy groups -OCH3 is 1. The van der Waals surface area contributed by atoms with E-state index >= 15 is 0 Å². The summed E-state index contributed by atoms with van der Waals surface area (Å²) in [6.45, 7) is 0. The molecule has 0 aliphatic heterocycles. The zero-order valence-electron chi connectivity index (χ0n) is 7.84. The number of ether oxygens (including phenoxy) is 2. The molecule has 0 aliphatic carbocycles. The molecule has 0 fully saturated rings. The average Bonchev–Trinajstić information content (AvgIpc) is 2.18. The summed E-state index contributed by atoms with van der Waals surface area (Å²) in [7, 11) is 1.07. The largest absolute Gasteiger partial charge is 0.574 e. The topological polar surface area (TPSA) is 48.4 Å². The van der Waals surface area contributed by atoms with Crippen LogP contribution in [0.4, 0.5) is 13.2 Å². The Morgan fingerprint density at radius 2 is 2.12 bits per heavy atom. The smallest absolute Gasteiger partial charge is 0.465 e. The summed E-state index contributed by atoms with van der Waals surface area (Å²) in [6, 6.07) is 0.752. The van der Waals surface area contributed by atoms with Gasteiger partial charge in [-0.05, 0) is 0 Å². The van der Waals surface area contributed by atoms with Gasteiger partial charge >= 0.3 is 12.3 Å². The first-order valence-corrected chi connectivity index (χ1v) is 4.21. The Labute approximate surface area is 92.9 Å². The number of rotatable bonds is 2. The van der Waals surface area contributed by atoms with Crippen molar-refractivity contribution in [3.8, 4) is 5.88 Å². The highest BCUT2D eigenvalue weighted by Gasteiger charge is 2.32. The van der Waals surface area contributed by atoms with E-state index in [0.717, 1.165) is 19.4 Å². The molecule has 4 nitrogen and oxygen atoms in total. The Morgan fingerprint density at radius 3 is 2.62 bits per heavy atom. The predicted octanol–water partition coefficient (Wildman–Crippen LogP) is 2.42. The molecule has 1 aromatic rings. The minimum atomic E-state index is -4.88. The summed E-state index contributed by atoms with van der Waals surface area (Å²) in [4.78, 5) is 14.3. The van der Waals surface area contributed by atoms with E-state index < -0.39 is 18.2 Å². The van der Waals surface area contributed by atoms with Gasteiger partial charge in [0.05, 0.1) is 23.9 Å². The van der Waals surface area contributed by atoms with Crippen LogP contribution in [0.3, 0.4) is 0 Å². The van der Waals surface area contributed by atoms with E-state index in [-0.39, 0.29) is 10.6 Å². The second-order valence-electron chi connectivity index (χ2n) is 2.54. The lowest BCUT2D eigenvalue weighted by Gasteiger charge is -2.09. The Hall–Kier alpha value is -1.50. The minimum Gasteiger partial charge on any atom is -0.465 e. The van der Waals surface area contributed by atoms with Crippen LogP contribution in [0.1, 0.15) is 10.4 Å². The Balaban J connectivity index is 3.03. The Kier molecular flexibility index (Phi) is 3.58. The van der Waals surface area contributed by atoms with Gasteiger partial charge in [0, 0.05) is 6.07 Å². The van der Waals surface area contributed by atoms with Crippen LogP contribution >= 0.6 is 11.6 Å². The number of carbonyl (C=O) groups excluding carboxylic acids is 1. The van der Waals surface area contributed by atoms with Crippen LogP contribution in [0.5, 0.6) is 5.88 Å². The first-order valence-electron chi connectivity index (χ1n) is 3.83. The normalized spacial score (nSPS) is 11.1. The number of alkyl halides is 3. The lowest BCUT2D eigenvalue weighted by molar-refractivity contribution is -0.276. The number of halogens is 4. The van der Waals surface area contributed by atoms with Crippen molar-refractivity contribution in [1.29, 1.82) is 0 Å². The molecule has 0 atom stereocenters. The molecule has 0 amide bonds. The van der Waals surface area contributed by atoms with Crippen molar-refractivity contribution in [2.75, 3.05) is 7.11 Å². The van der Waals surface area contributed by atoms with Gasteiger partial charge in [0.25, 0.3) is 0 Å². The second-order valence-corrected chi connectivity index (χ2v) is 2.95. The molecule has 0 unspecified atom stereocenters. The molecular formula is C8H5ClF3NO3. The van der Waals surface area contributed by atoms with Gasteiger partial charge in [-0.2, -0.15) is 0 Å². The van der Waals surface area contributed by atoms with Gasteiger partial charge in [0.1, 0.15) is 0 Å². The maximum atomic E-state index is 11.8. The van der Waals surface area contributed by atoms with E-state index in [2.05, 4.69) is 14.5 Å². The number of hydrogen-bond donors (Lipinski definition) is 0. The molecule has 0 aromatic carbocycles.